The minimum absolute atomic E-state index is 0.153. The van der Waals surface area contributed by atoms with Gasteiger partial charge in [-0.15, -0.1) is 0 Å². The zero-order valence-corrected chi connectivity index (χ0v) is 13.0. The Kier molecular flexibility index (Phi) is 5.56. The number of aryl methyl sites for hydroxylation is 1. The maximum Gasteiger partial charge on any atom is 0.137 e. The van der Waals surface area contributed by atoms with Crippen molar-refractivity contribution in [2.75, 3.05) is 6.61 Å². The first kappa shape index (κ1) is 15.8. The Hall–Kier alpha value is -1.62. The molecule has 2 aromatic rings. The van der Waals surface area contributed by atoms with Crippen LogP contribution in [-0.4, -0.2) is 11.6 Å². The summed E-state index contributed by atoms with van der Waals surface area (Å²) in [6, 6.07) is 7.56. The highest BCUT2D eigenvalue weighted by Gasteiger charge is 2.16. The summed E-state index contributed by atoms with van der Waals surface area (Å²) in [6.07, 6.45) is 4.46. The second-order valence-corrected chi connectivity index (χ2v) is 5.34. The monoisotopic (exact) mass is 305 g/mol. The Morgan fingerprint density at radius 1 is 1.33 bits per heavy atom. The van der Waals surface area contributed by atoms with Gasteiger partial charge in [0.1, 0.15) is 5.75 Å². The van der Waals surface area contributed by atoms with Gasteiger partial charge in [0.05, 0.1) is 18.8 Å². The summed E-state index contributed by atoms with van der Waals surface area (Å²) in [5, 5.41) is 0.713. The van der Waals surface area contributed by atoms with Crippen LogP contribution in [0.25, 0.3) is 0 Å². The van der Waals surface area contributed by atoms with E-state index in [9.17, 15) is 0 Å². The summed E-state index contributed by atoms with van der Waals surface area (Å²) in [6.45, 7) is 4.75. The van der Waals surface area contributed by atoms with E-state index in [1.165, 1.54) is 0 Å². The van der Waals surface area contributed by atoms with Gasteiger partial charge in [-0.05, 0) is 48.2 Å². The zero-order valence-electron chi connectivity index (χ0n) is 12.3. The van der Waals surface area contributed by atoms with E-state index in [2.05, 4.69) is 17.3 Å². The third kappa shape index (κ3) is 3.94. The maximum absolute atomic E-state index is 6.01. The van der Waals surface area contributed by atoms with E-state index in [-0.39, 0.29) is 6.04 Å². The Bertz CT molecular complexity index is 604. The number of pyridine rings is 1. The van der Waals surface area contributed by atoms with Crippen LogP contribution in [0.2, 0.25) is 5.02 Å². The molecule has 1 aromatic carbocycles. The van der Waals surface area contributed by atoms with E-state index in [4.69, 9.17) is 22.2 Å². The summed E-state index contributed by atoms with van der Waals surface area (Å²) in [5.41, 5.74) is 5.94. The Morgan fingerprint density at radius 2 is 2.14 bits per heavy atom. The van der Waals surface area contributed by atoms with Gasteiger partial charge in [-0.2, -0.15) is 0 Å². The number of halogens is 1. The minimum atomic E-state index is -0.153. The van der Waals surface area contributed by atoms with E-state index in [0.717, 1.165) is 28.9 Å². The highest BCUT2D eigenvalue weighted by atomic mass is 35.5. The Labute approximate surface area is 130 Å². The molecule has 4 nitrogen and oxygen atoms in total. The number of rotatable bonds is 6. The van der Waals surface area contributed by atoms with Crippen molar-refractivity contribution in [3.63, 3.8) is 0 Å². The van der Waals surface area contributed by atoms with Crippen LogP contribution in [0.5, 0.6) is 5.75 Å². The summed E-state index contributed by atoms with van der Waals surface area (Å²) >= 11 is 6.01. The van der Waals surface area contributed by atoms with Gasteiger partial charge >= 0.3 is 0 Å². The highest BCUT2D eigenvalue weighted by molar-refractivity contribution is 6.30. The lowest BCUT2D eigenvalue weighted by Gasteiger charge is -2.19. The molecule has 1 atom stereocenters. The van der Waals surface area contributed by atoms with Crippen molar-refractivity contribution in [2.24, 2.45) is 5.84 Å². The number of ether oxygens (including phenoxy) is 1. The van der Waals surface area contributed by atoms with Gasteiger partial charge in [-0.1, -0.05) is 24.6 Å². The maximum atomic E-state index is 6.01. The van der Waals surface area contributed by atoms with Crippen LogP contribution in [-0.2, 0) is 0 Å². The van der Waals surface area contributed by atoms with Gasteiger partial charge in [0, 0.05) is 11.2 Å². The number of nitrogens with zero attached hydrogens (tertiary/aromatic N) is 1. The lowest BCUT2D eigenvalue weighted by atomic mass is 9.96. The largest absolute Gasteiger partial charge is 0.492 e. The number of nitrogens with one attached hydrogen (secondary N) is 1. The van der Waals surface area contributed by atoms with Crippen LogP contribution in [0, 0.1) is 6.92 Å². The SMILES string of the molecule is CCCOc1cncc(C(NN)c2ccc(Cl)cc2C)c1. The normalized spacial score (nSPS) is 12.2. The van der Waals surface area contributed by atoms with E-state index in [1.54, 1.807) is 12.4 Å². The van der Waals surface area contributed by atoms with E-state index >= 15 is 0 Å². The predicted molar refractivity (Wildman–Crippen MR) is 85.4 cm³/mol. The molecule has 0 saturated heterocycles. The molecule has 2 rings (SSSR count). The van der Waals surface area contributed by atoms with E-state index in [0.29, 0.717) is 11.6 Å². The Balaban J connectivity index is 2.32. The fourth-order valence-corrected chi connectivity index (χ4v) is 2.45. The number of aromatic nitrogens is 1. The van der Waals surface area contributed by atoms with Crippen LogP contribution in [0.1, 0.15) is 36.1 Å². The lowest BCUT2D eigenvalue weighted by molar-refractivity contribution is 0.315. The minimum Gasteiger partial charge on any atom is -0.492 e. The fraction of sp³-hybridized carbons (Fsp3) is 0.312. The first-order valence-electron chi connectivity index (χ1n) is 6.95. The van der Waals surface area contributed by atoms with Crippen molar-refractivity contribution < 1.29 is 4.74 Å². The number of benzene rings is 1. The van der Waals surface area contributed by atoms with Crippen LogP contribution in [0.4, 0.5) is 0 Å². The summed E-state index contributed by atoms with van der Waals surface area (Å²) in [4.78, 5) is 4.23. The summed E-state index contributed by atoms with van der Waals surface area (Å²) in [5.74, 6) is 6.49. The van der Waals surface area contributed by atoms with Crippen molar-refractivity contribution in [1.29, 1.82) is 0 Å². The summed E-state index contributed by atoms with van der Waals surface area (Å²) < 4.78 is 5.62. The van der Waals surface area contributed by atoms with Gasteiger partial charge in [-0.25, -0.2) is 5.43 Å². The molecule has 0 fully saturated rings. The first-order chi connectivity index (χ1) is 10.2. The number of hydrazine groups is 1. The molecule has 21 heavy (non-hydrogen) atoms. The fourth-order valence-electron chi connectivity index (χ4n) is 2.22. The molecular weight excluding hydrogens is 286 g/mol. The van der Waals surface area contributed by atoms with Crippen molar-refractivity contribution in [3.8, 4) is 5.75 Å². The molecule has 0 radical (unpaired) electrons. The van der Waals surface area contributed by atoms with Crippen molar-refractivity contribution in [1.82, 2.24) is 10.4 Å². The lowest BCUT2D eigenvalue weighted by Crippen LogP contribution is -2.29. The molecule has 1 unspecified atom stereocenters. The standard InChI is InChI=1S/C16H20ClN3O/c1-3-6-21-14-8-12(9-19-10-14)16(20-18)15-5-4-13(17)7-11(15)2/h4-5,7-10,16,20H,3,6,18H2,1-2H3. The summed E-state index contributed by atoms with van der Waals surface area (Å²) in [7, 11) is 0. The Morgan fingerprint density at radius 3 is 2.81 bits per heavy atom. The van der Waals surface area contributed by atoms with E-state index < -0.39 is 0 Å². The predicted octanol–water partition coefficient (Wildman–Crippen LogP) is 3.38. The number of hydrogen-bond acceptors (Lipinski definition) is 4. The molecule has 112 valence electrons. The molecule has 1 heterocycles. The molecule has 1 aromatic heterocycles. The molecule has 0 aliphatic carbocycles. The molecule has 0 saturated carbocycles. The van der Waals surface area contributed by atoms with Crippen molar-refractivity contribution in [2.45, 2.75) is 26.3 Å². The van der Waals surface area contributed by atoms with Gasteiger partial charge in [-0.3, -0.25) is 10.8 Å². The smallest absolute Gasteiger partial charge is 0.137 e. The zero-order chi connectivity index (χ0) is 15.2. The molecule has 3 N–H and O–H groups in total. The average molecular weight is 306 g/mol. The molecule has 0 aliphatic heterocycles. The topological polar surface area (TPSA) is 60.2 Å². The van der Waals surface area contributed by atoms with Crippen LogP contribution in [0.15, 0.2) is 36.7 Å². The third-order valence-corrected chi connectivity index (χ3v) is 3.49. The molecule has 5 heteroatoms. The van der Waals surface area contributed by atoms with Crippen molar-refractivity contribution >= 4 is 11.6 Å². The van der Waals surface area contributed by atoms with Gasteiger partial charge < -0.3 is 4.74 Å². The van der Waals surface area contributed by atoms with Crippen molar-refractivity contribution in [3.05, 3.63) is 58.4 Å². The van der Waals surface area contributed by atoms with Crippen LogP contribution in [0.3, 0.4) is 0 Å². The first-order valence-corrected chi connectivity index (χ1v) is 7.33. The quantitative estimate of drug-likeness (QED) is 0.634. The molecule has 0 spiro atoms. The molecule has 0 aliphatic rings. The average Bonchev–Trinajstić information content (AvgIpc) is 2.48. The molecule has 0 bridgehead atoms. The number of nitrogens with two attached hydrogens (primary N) is 1. The van der Waals surface area contributed by atoms with Gasteiger partial charge in [0.2, 0.25) is 0 Å². The van der Waals surface area contributed by atoms with Gasteiger partial charge in [0.15, 0.2) is 0 Å². The molecular formula is C16H20ClN3O. The van der Waals surface area contributed by atoms with E-state index in [1.807, 2.05) is 31.2 Å². The second-order valence-electron chi connectivity index (χ2n) is 4.90. The van der Waals surface area contributed by atoms with Crippen LogP contribution >= 0.6 is 11.6 Å². The van der Waals surface area contributed by atoms with Gasteiger partial charge in [0.25, 0.3) is 0 Å². The highest BCUT2D eigenvalue weighted by Crippen LogP contribution is 2.27. The van der Waals surface area contributed by atoms with Crippen LogP contribution < -0.4 is 16.0 Å². The number of hydrogen-bond donors (Lipinski definition) is 2. The second kappa shape index (κ2) is 7.41. The molecule has 0 amide bonds. The third-order valence-electron chi connectivity index (χ3n) is 3.25.